The Labute approximate surface area is 110 Å². The minimum absolute atomic E-state index is 0.00821. The zero-order valence-corrected chi connectivity index (χ0v) is 11.9. The fourth-order valence-corrected chi connectivity index (χ4v) is 1.91. The highest BCUT2D eigenvalue weighted by Crippen LogP contribution is 2.18. The molecule has 18 heavy (non-hydrogen) atoms. The summed E-state index contributed by atoms with van der Waals surface area (Å²) >= 11 is 0. The maximum atomic E-state index is 11.7. The molecule has 1 aromatic carbocycles. The summed E-state index contributed by atoms with van der Waals surface area (Å²) in [4.78, 5) is 11.7. The standard InChI is InChI=1S/C15H23NO2/c1-10(2)18-9-15(17)16-13(5)14-7-6-11(3)8-12(14)4/h6-8,10,13H,9H2,1-5H3,(H,16,17). The molecule has 0 fully saturated rings. The van der Waals surface area contributed by atoms with Gasteiger partial charge in [0, 0.05) is 0 Å². The summed E-state index contributed by atoms with van der Waals surface area (Å²) in [6.45, 7) is 10.1. The molecule has 100 valence electrons. The van der Waals surface area contributed by atoms with Gasteiger partial charge in [-0.1, -0.05) is 23.8 Å². The van der Waals surface area contributed by atoms with E-state index in [0.29, 0.717) is 0 Å². The van der Waals surface area contributed by atoms with E-state index in [1.54, 1.807) is 0 Å². The Morgan fingerprint density at radius 2 is 1.94 bits per heavy atom. The molecule has 0 aliphatic heterocycles. The van der Waals surface area contributed by atoms with Gasteiger partial charge in [-0.15, -0.1) is 0 Å². The van der Waals surface area contributed by atoms with Gasteiger partial charge in [-0.3, -0.25) is 4.79 Å². The number of nitrogens with one attached hydrogen (secondary N) is 1. The molecule has 3 nitrogen and oxygen atoms in total. The van der Waals surface area contributed by atoms with E-state index in [-0.39, 0.29) is 24.7 Å². The molecule has 1 atom stereocenters. The normalized spacial score (nSPS) is 12.6. The first-order valence-corrected chi connectivity index (χ1v) is 6.38. The molecule has 1 aromatic rings. The number of ether oxygens (including phenoxy) is 1. The van der Waals surface area contributed by atoms with Crippen LogP contribution in [0.15, 0.2) is 18.2 Å². The molecule has 0 aliphatic rings. The third-order valence-corrected chi connectivity index (χ3v) is 2.82. The average Bonchev–Trinajstić information content (AvgIpc) is 2.26. The van der Waals surface area contributed by atoms with Crippen molar-refractivity contribution in [1.82, 2.24) is 5.32 Å². The molecule has 1 N–H and O–H groups in total. The fourth-order valence-electron chi connectivity index (χ4n) is 1.91. The van der Waals surface area contributed by atoms with Crippen molar-refractivity contribution in [3.8, 4) is 0 Å². The second-order valence-electron chi connectivity index (χ2n) is 5.01. The lowest BCUT2D eigenvalue weighted by atomic mass is 10.0. The maximum absolute atomic E-state index is 11.7. The van der Waals surface area contributed by atoms with Crippen molar-refractivity contribution in [2.24, 2.45) is 0 Å². The molecule has 0 heterocycles. The van der Waals surface area contributed by atoms with E-state index < -0.39 is 0 Å². The smallest absolute Gasteiger partial charge is 0.246 e. The lowest BCUT2D eigenvalue weighted by Gasteiger charge is -2.17. The van der Waals surface area contributed by atoms with Crippen LogP contribution in [0.2, 0.25) is 0 Å². The fraction of sp³-hybridized carbons (Fsp3) is 0.533. The molecule has 0 aromatic heterocycles. The molecule has 1 unspecified atom stereocenters. The van der Waals surface area contributed by atoms with Crippen molar-refractivity contribution in [2.75, 3.05) is 6.61 Å². The van der Waals surface area contributed by atoms with Crippen LogP contribution in [0.4, 0.5) is 0 Å². The molecule has 1 rings (SSSR count). The van der Waals surface area contributed by atoms with Crippen LogP contribution in [0.3, 0.4) is 0 Å². The highest BCUT2D eigenvalue weighted by atomic mass is 16.5. The largest absolute Gasteiger partial charge is 0.369 e. The Morgan fingerprint density at radius 3 is 2.50 bits per heavy atom. The van der Waals surface area contributed by atoms with Crippen LogP contribution in [-0.2, 0) is 9.53 Å². The maximum Gasteiger partial charge on any atom is 0.246 e. The van der Waals surface area contributed by atoms with Crippen molar-refractivity contribution in [1.29, 1.82) is 0 Å². The van der Waals surface area contributed by atoms with Crippen molar-refractivity contribution in [3.63, 3.8) is 0 Å². The van der Waals surface area contributed by atoms with Crippen LogP contribution >= 0.6 is 0 Å². The van der Waals surface area contributed by atoms with Crippen LogP contribution in [0.5, 0.6) is 0 Å². The first-order chi connectivity index (χ1) is 8.40. The number of carbonyl (C=O) groups excluding carboxylic acids is 1. The van der Waals surface area contributed by atoms with Gasteiger partial charge in [-0.2, -0.15) is 0 Å². The van der Waals surface area contributed by atoms with E-state index in [0.717, 1.165) is 5.56 Å². The number of rotatable bonds is 5. The van der Waals surface area contributed by atoms with Gasteiger partial charge in [-0.05, 0) is 45.7 Å². The van der Waals surface area contributed by atoms with Crippen LogP contribution in [0, 0.1) is 13.8 Å². The van der Waals surface area contributed by atoms with Crippen molar-refractivity contribution >= 4 is 5.91 Å². The number of hydrogen-bond acceptors (Lipinski definition) is 2. The minimum atomic E-state index is -0.0730. The van der Waals surface area contributed by atoms with Crippen LogP contribution in [-0.4, -0.2) is 18.6 Å². The van der Waals surface area contributed by atoms with Crippen LogP contribution < -0.4 is 5.32 Å². The van der Waals surface area contributed by atoms with E-state index in [4.69, 9.17) is 4.74 Å². The van der Waals surface area contributed by atoms with Gasteiger partial charge in [0.1, 0.15) is 6.61 Å². The van der Waals surface area contributed by atoms with Crippen molar-refractivity contribution in [2.45, 2.75) is 46.8 Å². The molecule has 0 saturated heterocycles. The summed E-state index contributed by atoms with van der Waals surface area (Å²) in [5, 5.41) is 2.95. The van der Waals surface area contributed by atoms with Gasteiger partial charge in [-0.25, -0.2) is 0 Å². The van der Waals surface area contributed by atoms with E-state index in [1.807, 2.05) is 20.8 Å². The molecular weight excluding hydrogens is 226 g/mol. The Bertz CT molecular complexity index is 413. The molecule has 0 aliphatic carbocycles. The van der Waals surface area contributed by atoms with Gasteiger partial charge >= 0.3 is 0 Å². The minimum Gasteiger partial charge on any atom is -0.369 e. The summed E-state index contributed by atoms with van der Waals surface area (Å²) in [6, 6.07) is 6.27. The Hall–Kier alpha value is -1.35. The molecule has 0 bridgehead atoms. The second kappa shape index (κ2) is 6.55. The zero-order chi connectivity index (χ0) is 13.7. The Morgan fingerprint density at radius 1 is 1.28 bits per heavy atom. The number of benzene rings is 1. The third kappa shape index (κ3) is 4.49. The predicted molar refractivity (Wildman–Crippen MR) is 73.6 cm³/mol. The monoisotopic (exact) mass is 249 g/mol. The summed E-state index contributed by atoms with van der Waals surface area (Å²) in [7, 11) is 0. The van der Waals surface area contributed by atoms with Crippen molar-refractivity contribution in [3.05, 3.63) is 34.9 Å². The van der Waals surface area contributed by atoms with E-state index in [2.05, 4.69) is 37.4 Å². The Balaban J connectivity index is 2.59. The van der Waals surface area contributed by atoms with Gasteiger partial charge in [0.15, 0.2) is 0 Å². The van der Waals surface area contributed by atoms with E-state index >= 15 is 0 Å². The molecule has 0 radical (unpaired) electrons. The second-order valence-corrected chi connectivity index (χ2v) is 5.01. The molecule has 0 saturated carbocycles. The van der Waals surface area contributed by atoms with Crippen LogP contribution in [0.25, 0.3) is 0 Å². The first-order valence-electron chi connectivity index (χ1n) is 6.38. The van der Waals surface area contributed by atoms with Crippen molar-refractivity contribution < 1.29 is 9.53 Å². The highest BCUT2D eigenvalue weighted by Gasteiger charge is 2.12. The lowest BCUT2D eigenvalue weighted by Crippen LogP contribution is -2.31. The van der Waals surface area contributed by atoms with Gasteiger partial charge in [0.2, 0.25) is 5.91 Å². The molecule has 3 heteroatoms. The summed E-state index contributed by atoms with van der Waals surface area (Å²) in [5.41, 5.74) is 3.59. The molecule has 1 amide bonds. The van der Waals surface area contributed by atoms with Gasteiger partial charge in [0.05, 0.1) is 12.1 Å². The number of aryl methyl sites for hydroxylation is 2. The summed E-state index contributed by atoms with van der Waals surface area (Å²) in [6.07, 6.45) is 0.0761. The summed E-state index contributed by atoms with van der Waals surface area (Å²) in [5.74, 6) is -0.0730. The third-order valence-electron chi connectivity index (χ3n) is 2.82. The topological polar surface area (TPSA) is 38.3 Å². The molecular formula is C15H23NO2. The average molecular weight is 249 g/mol. The number of hydrogen-bond donors (Lipinski definition) is 1. The Kier molecular flexibility index (Phi) is 5.35. The SMILES string of the molecule is Cc1ccc(C(C)NC(=O)COC(C)C)c(C)c1. The number of amides is 1. The zero-order valence-electron chi connectivity index (χ0n) is 11.9. The predicted octanol–water partition coefficient (Wildman–Crippen LogP) is 2.91. The van der Waals surface area contributed by atoms with Gasteiger partial charge in [0.25, 0.3) is 0 Å². The molecule has 0 spiro atoms. The van der Waals surface area contributed by atoms with Crippen LogP contribution in [0.1, 0.15) is 43.5 Å². The number of carbonyl (C=O) groups is 1. The highest BCUT2D eigenvalue weighted by molar-refractivity contribution is 5.77. The first kappa shape index (κ1) is 14.7. The van der Waals surface area contributed by atoms with Gasteiger partial charge < -0.3 is 10.1 Å². The summed E-state index contributed by atoms with van der Waals surface area (Å²) < 4.78 is 5.28. The van der Waals surface area contributed by atoms with E-state index in [9.17, 15) is 4.79 Å². The van der Waals surface area contributed by atoms with E-state index in [1.165, 1.54) is 11.1 Å². The lowest BCUT2D eigenvalue weighted by molar-refractivity contribution is -0.127. The quantitative estimate of drug-likeness (QED) is 0.871.